The van der Waals surface area contributed by atoms with E-state index >= 15 is 0 Å². The van der Waals surface area contributed by atoms with Crippen LogP contribution >= 0.6 is 0 Å². The zero-order valence-corrected chi connectivity index (χ0v) is 24.0. The van der Waals surface area contributed by atoms with Crippen molar-refractivity contribution < 1.29 is 41.9 Å². The highest BCUT2D eigenvalue weighted by Crippen LogP contribution is 2.36. The van der Waals surface area contributed by atoms with Crippen LogP contribution in [-0.4, -0.2) is 47.9 Å². The Morgan fingerprint density at radius 2 is 1.52 bits per heavy atom. The van der Waals surface area contributed by atoms with E-state index in [0.717, 1.165) is 24.3 Å². The molecule has 0 aliphatic carbocycles. The van der Waals surface area contributed by atoms with E-state index in [1.807, 2.05) is 0 Å². The molecule has 14 heteroatoms. The number of hydrogen-bond donors (Lipinski definition) is 3. The Balaban J connectivity index is 2.25. The topological polar surface area (TPSA) is 141 Å². The highest BCUT2D eigenvalue weighted by molar-refractivity contribution is 5.68. The van der Waals surface area contributed by atoms with Crippen molar-refractivity contribution in [2.24, 2.45) is 0 Å². The van der Waals surface area contributed by atoms with Crippen LogP contribution in [0.1, 0.15) is 52.7 Å². The van der Waals surface area contributed by atoms with Crippen LogP contribution in [0.2, 0.25) is 0 Å². The van der Waals surface area contributed by atoms with Crippen LogP contribution in [0.3, 0.4) is 0 Å². The normalized spacial score (nSPS) is 11.5. The third kappa shape index (κ3) is 12.2. The second kappa shape index (κ2) is 13.8. The highest BCUT2D eigenvalue weighted by atomic mass is 19.4. The highest BCUT2D eigenvalue weighted by Gasteiger charge is 2.31. The Morgan fingerprint density at radius 1 is 0.905 bits per heavy atom. The third-order valence-electron chi connectivity index (χ3n) is 4.70. The van der Waals surface area contributed by atoms with Gasteiger partial charge in [-0.15, -0.1) is 0 Å². The molecule has 2 rings (SSSR count). The molecule has 0 bridgehead atoms. The molecule has 0 heterocycles. The lowest BCUT2D eigenvalue weighted by Crippen LogP contribution is -2.35. The van der Waals surface area contributed by atoms with Crippen LogP contribution < -0.4 is 20.7 Å². The average molecular weight is 595 g/mol. The smallest absolute Gasteiger partial charge is 0.416 e. The number of halogens is 3. The molecule has 0 atom stereocenters. The SMILES string of the molecule is CC(C)(C)OC(=O)NCC#Cc1cc([N+](=O)[O-])ccc1Oc1cc(NCCNC(=O)OC(C)(C)C)cc(C(F)(F)F)c1. The maximum absolute atomic E-state index is 13.6. The summed E-state index contributed by atoms with van der Waals surface area (Å²) in [6.07, 6.45) is -6.11. The summed E-state index contributed by atoms with van der Waals surface area (Å²) in [5, 5.41) is 19.0. The number of rotatable bonds is 8. The number of amides is 2. The van der Waals surface area contributed by atoms with Gasteiger partial charge < -0.3 is 30.2 Å². The number of alkyl halides is 3. The van der Waals surface area contributed by atoms with Gasteiger partial charge in [-0.1, -0.05) is 11.8 Å². The first-order valence-electron chi connectivity index (χ1n) is 12.7. The fourth-order valence-electron chi connectivity index (χ4n) is 3.12. The number of carbonyl (C=O) groups excluding carboxylic acids is 2. The number of non-ortho nitro benzene ring substituents is 1. The number of alkyl carbamates (subject to hydrolysis) is 2. The molecule has 2 amide bonds. The Labute approximate surface area is 241 Å². The molecule has 0 radical (unpaired) electrons. The first kappa shape index (κ1) is 33.5. The standard InChI is InChI=1S/C28H33F3N4O7/c1-26(2,3)41-24(36)33-11-7-8-18-14-21(35(38)39)9-10-23(18)40-22-16-19(28(29,30)31)15-20(17-22)32-12-13-34-25(37)42-27(4,5)6/h9-10,14-17,32H,11-13H2,1-6H3,(H,33,36)(H,34,37). The molecule has 2 aromatic rings. The molecule has 0 aliphatic rings. The molecule has 0 saturated heterocycles. The number of hydrogen-bond acceptors (Lipinski definition) is 8. The fraction of sp³-hybridized carbons (Fsp3) is 0.429. The molecule has 0 spiro atoms. The van der Waals surface area contributed by atoms with Gasteiger partial charge in [0.05, 0.1) is 22.6 Å². The minimum Gasteiger partial charge on any atom is -0.456 e. The van der Waals surface area contributed by atoms with Gasteiger partial charge in [-0.25, -0.2) is 9.59 Å². The molecule has 0 fully saturated rings. The van der Waals surface area contributed by atoms with Gasteiger partial charge in [-0.3, -0.25) is 10.1 Å². The van der Waals surface area contributed by atoms with Crippen LogP contribution in [0.5, 0.6) is 11.5 Å². The number of nitrogens with one attached hydrogen (secondary N) is 3. The Hall–Kier alpha value is -4.67. The fourth-order valence-corrected chi connectivity index (χ4v) is 3.12. The number of anilines is 1. The van der Waals surface area contributed by atoms with Gasteiger partial charge in [-0.2, -0.15) is 13.2 Å². The molecule has 11 nitrogen and oxygen atoms in total. The van der Waals surface area contributed by atoms with Crippen LogP contribution in [0.4, 0.5) is 34.1 Å². The minimum atomic E-state index is -4.71. The summed E-state index contributed by atoms with van der Waals surface area (Å²) in [5.74, 6) is 4.97. The number of benzene rings is 2. The van der Waals surface area contributed by atoms with E-state index in [4.69, 9.17) is 14.2 Å². The summed E-state index contributed by atoms with van der Waals surface area (Å²) in [4.78, 5) is 34.2. The van der Waals surface area contributed by atoms with Crippen molar-refractivity contribution >= 4 is 23.6 Å². The summed E-state index contributed by atoms with van der Waals surface area (Å²) in [7, 11) is 0. The zero-order valence-electron chi connectivity index (χ0n) is 24.0. The summed E-state index contributed by atoms with van der Waals surface area (Å²) in [5.41, 5.74) is -2.73. The molecule has 0 saturated carbocycles. The molecule has 0 aromatic heterocycles. The van der Waals surface area contributed by atoms with Crippen molar-refractivity contribution in [2.75, 3.05) is 25.0 Å². The van der Waals surface area contributed by atoms with E-state index in [1.54, 1.807) is 41.5 Å². The zero-order chi connectivity index (χ0) is 31.7. The number of nitrogens with zero attached hydrogens (tertiary/aromatic N) is 1. The largest absolute Gasteiger partial charge is 0.456 e. The van der Waals surface area contributed by atoms with E-state index in [-0.39, 0.29) is 48.1 Å². The van der Waals surface area contributed by atoms with Crippen molar-refractivity contribution in [3.63, 3.8) is 0 Å². The number of ether oxygens (including phenoxy) is 3. The molecule has 0 unspecified atom stereocenters. The lowest BCUT2D eigenvalue weighted by atomic mass is 10.1. The Bertz CT molecular complexity index is 1350. The molecule has 0 aliphatic heterocycles. The van der Waals surface area contributed by atoms with E-state index < -0.39 is 40.1 Å². The van der Waals surface area contributed by atoms with Gasteiger partial charge in [0.15, 0.2) is 0 Å². The maximum Gasteiger partial charge on any atom is 0.416 e. The minimum absolute atomic E-state index is 0.00340. The summed E-state index contributed by atoms with van der Waals surface area (Å²) >= 11 is 0. The monoisotopic (exact) mass is 594 g/mol. The van der Waals surface area contributed by atoms with Gasteiger partial charge in [0.2, 0.25) is 0 Å². The lowest BCUT2D eigenvalue weighted by Gasteiger charge is -2.20. The van der Waals surface area contributed by atoms with Crippen LogP contribution in [0, 0.1) is 22.0 Å². The van der Waals surface area contributed by atoms with E-state index in [9.17, 15) is 32.9 Å². The van der Waals surface area contributed by atoms with Gasteiger partial charge in [0, 0.05) is 37.0 Å². The first-order chi connectivity index (χ1) is 19.3. The third-order valence-corrected chi connectivity index (χ3v) is 4.70. The summed E-state index contributed by atoms with van der Waals surface area (Å²) in [6.45, 7) is 10.1. The molecule has 228 valence electrons. The lowest BCUT2D eigenvalue weighted by molar-refractivity contribution is -0.384. The van der Waals surface area contributed by atoms with Gasteiger partial charge in [0.1, 0.15) is 22.7 Å². The van der Waals surface area contributed by atoms with Crippen LogP contribution in [0.15, 0.2) is 36.4 Å². The van der Waals surface area contributed by atoms with E-state index in [2.05, 4.69) is 27.8 Å². The van der Waals surface area contributed by atoms with Crippen molar-refractivity contribution in [3.05, 3.63) is 57.6 Å². The second-order valence-electron chi connectivity index (χ2n) is 10.8. The van der Waals surface area contributed by atoms with Crippen molar-refractivity contribution in [1.29, 1.82) is 0 Å². The van der Waals surface area contributed by atoms with Crippen molar-refractivity contribution in [1.82, 2.24) is 10.6 Å². The average Bonchev–Trinajstić information content (AvgIpc) is 2.82. The van der Waals surface area contributed by atoms with Crippen LogP contribution in [-0.2, 0) is 15.7 Å². The maximum atomic E-state index is 13.6. The van der Waals surface area contributed by atoms with Crippen LogP contribution in [0.25, 0.3) is 0 Å². The summed E-state index contributed by atoms with van der Waals surface area (Å²) in [6, 6.07) is 6.37. The number of nitro benzene ring substituents is 1. The van der Waals surface area contributed by atoms with Crippen molar-refractivity contribution in [3.8, 4) is 23.3 Å². The first-order valence-corrected chi connectivity index (χ1v) is 12.7. The molecule has 42 heavy (non-hydrogen) atoms. The molecular formula is C28H33F3N4O7. The quantitative estimate of drug-likeness (QED) is 0.142. The Morgan fingerprint density at radius 3 is 2.10 bits per heavy atom. The van der Waals surface area contributed by atoms with Gasteiger partial charge >= 0.3 is 18.4 Å². The molecule has 3 N–H and O–H groups in total. The Kier molecular flexibility index (Phi) is 11.0. The number of nitro groups is 1. The van der Waals surface area contributed by atoms with Crippen molar-refractivity contribution in [2.45, 2.75) is 58.9 Å². The predicted molar refractivity (Wildman–Crippen MR) is 148 cm³/mol. The molecule has 2 aromatic carbocycles. The van der Waals surface area contributed by atoms with Gasteiger partial charge in [0.25, 0.3) is 5.69 Å². The second-order valence-corrected chi connectivity index (χ2v) is 10.8. The molecular weight excluding hydrogens is 561 g/mol. The predicted octanol–water partition coefficient (Wildman–Crippen LogP) is 6.22. The van der Waals surface area contributed by atoms with E-state index in [1.165, 1.54) is 12.1 Å². The number of carbonyl (C=O) groups is 2. The van der Waals surface area contributed by atoms with E-state index in [0.29, 0.717) is 0 Å². The van der Waals surface area contributed by atoms with Gasteiger partial charge in [-0.05, 0) is 59.7 Å². The summed E-state index contributed by atoms with van der Waals surface area (Å²) < 4.78 is 56.8.